The number of hydrogen-bond acceptors (Lipinski definition) is 3. The van der Waals surface area contributed by atoms with Crippen LogP contribution in [0.2, 0.25) is 13.0 Å². The van der Waals surface area contributed by atoms with Crippen LogP contribution in [0.25, 0.3) is 0 Å². The molecule has 1 unspecified atom stereocenters. The van der Waals surface area contributed by atoms with Gasteiger partial charge in [0, 0.05) is 22.9 Å². The average molecular weight is 355 g/mol. The highest BCUT2D eigenvalue weighted by Crippen LogP contribution is 2.37. The minimum atomic E-state index is 0.186. The van der Waals surface area contributed by atoms with Gasteiger partial charge < -0.3 is 5.32 Å². The number of nitrogens with one attached hydrogen (secondary N) is 1. The first-order chi connectivity index (χ1) is 9.10. The summed E-state index contributed by atoms with van der Waals surface area (Å²) in [6.07, 6.45) is 1.96. The highest BCUT2D eigenvalue weighted by molar-refractivity contribution is 7.20. The zero-order chi connectivity index (χ0) is 13.8. The summed E-state index contributed by atoms with van der Waals surface area (Å²) >= 11 is 21.3. The zero-order valence-electron chi connectivity index (χ0n) is 10.4. The van der Waals surface area contributed by atoms with Crippen molar-refractivity contribution in [2.45, 2.75) is 25.8 Å². The molecule has 0 bridgehead atoms. The number of rotatable bonds is 6. The van der Waals surface area contributed by atoms with Gasteiger partial charge in [-0.25, -0.2) is 0 Å². The summed E-state index contributed by atoms with van der Waals surface area (Å²) in [6.45, 7) is 3.10. The lowest BCUT2D eigenvalue weighted by molar-refractivity contribution is 0.534. The average Bonchev–Trinajstić information content (AvgIpc) is 2.91. The lowest BCUT2D eigenvalue weighted by atomic mass is 10.1. The molecule has 0 radical (unpaired) electrons. The van der Waals surface area contributed by atoms with E-state index in [1.807, 2.05) is 12.1 Å². The van der Waals surface area contributed by atoms with Gasteiger partial charge in [0.2, 0.25) is 0 Å². The summed E-state index contributed by atoms with van der Waals surface area (Å²) in [5.41, 5.74) is 1.08. The van der Waals surface area contributed by atoms with Gasteiger partial charge in [-0.15, -0.1) is 22.7 Å². The molecule has 2 heterocycles. The van der Waals surface area contributed by atoms with Crippen molar-refractivity contribution < 1.29 is 0 Å². The maximum absolute atomic E-state index is 6.26. The third kappa shape index (κ3) is 4.35. The van der Waals surface area contributed by atoms with Gasteiger partial charge >= 0.3 is 0 Å². The molecule has 6 heteroatoms. The van der Waals surface area contributed by atoms with Crippen LogP contribution in [0, 0.1) is 0 Å². The molecule has 0 fully saturated rings. The summed E-state index contributed by atoms with van der Waals surface area (Å²) in [7, 11) is 0. The molecule has 2 aromatic heterocycles. The zero-order valence-corrected chi connectivity index (χ0v) is 14.3. The van der Waals surface area contributed by atoms with Crippen molar-refractivity contribution in [3.63, 3.8) is 0 Å². The van der Waals surface area contributed by atoms with Gasteiger partial charge in [0.05, 0.1) is 13.0 Å². The van der Waals surface area contributed by atoms with Gasteiger partial charge in [0.25, 0.3) is 0 Å². The second kappa shape index (κ2) is 7.30. The molecule has 0 aliphatic rings. The molecule has 104 valence electrons. The van der Waals surface area contributed by atoms with Gasteiger partial charge in [-0.1, -0.05) is 41.7 Å². The minimum absolute atomic E-state index is 0.186. The van der Waals surface area contributed by atoms with Gasteiger partial charge in [-0.05, 0) is 31.2 Å². The van der Waals surface area contributed by atoms with E-state index in [1.165, 1.54) is 16.2 Å². The topological polar surface area (TPSA) is 12.0 Å². The molecule has 0 spiro atoms. The fourth-order valence-corrected chi connectivity index (χ4v) is 4.58. The molecular weight excluding hydrogens is 341 g/mol. The lowest BCUT2D eigenvalue weighted by Crippen LogP contribution is -2.23. The number of hydrogen-bond donors (Lipinski definition) is 1. The maximum Gasteiger partial charge on any atom is 0.0992 e. The van der Waals surface area contributed by atoms with E-state index in [0.29, 0.717) is 0 Å². The lowest BCUT2D eigenvalue weighted by Gasteiger charge is -2.17. The van der Waals surface area contributed by atoms with Crippen LogP contribution in [0.1, 0.15) is 29.8 Å². The first-order valence-corrected chi connectivity index (χ1v) is 8.79. The minimum Gasteiger partial charge on any atom is -0.310 e. The highest BCUT2D eigenvalue weighted by Gasteiger charge is 2.18. The van der Waals surface area contributed by atoms with Crippen molar-refractivity contribution in [1.82, 2.24) is 5.32 Å². The summed E-state index contributed by atoms with van der Waals surface area (Å²) in [6, 6.07) is 6.14. The molecule has 2 aromatic rings. The maximum atomic E-state index is 6.26. The normalized spacial score (nSPS) is 12.8. The Balaban J connectivity index is 2.18. The smallest absolute Gasteiger partial charge is 0.0992 e. The quantitative estimate of drug-likeness (QED) is 0.665. The Kier molecular flexibility index (Phi) is 6.00. The summed E-state index contributed by atoms with van der Waals surface area (Å²) in [4.78, 5) is 1.25. The summed E-state index contributed by atoms with van der Waals surface area (Å²) in [5.74, 6) is 0. The van der Waals surface area contributed by atoms with E-state index < -0.39 is 0 Å². The van der Waals surface area contributed by atoms with Gasteiger partial charge in [0.1, 0.15) is 0 Å². The van der Waals surface area contributed by atoms with E-state index in [4.69, 9.17) is 34.8 Å². The molecule has 1 atom stereocenters. The Labute approximate surface area is 136 Å². The van der Waals surface area contributed by atoms with Crippen molar-refractivity contribution in [3.05, 3.63) is 41.6 Å². The van der Waals surface area contributed by atoms with Crippen LogP contribution >= 0.6 is 57.5 Å². The Hall–Kier alpha value is 0.230. The van der Waals surface area contributed by atoms with Gasteiger partial charge in [-0.3, -0.25) is 0 Å². The summed E-state index contributed by atoms with van der Waals surface area (Å²) < 4.78 is 2.31. The number of halogens is 3. The van der Waals surface area contributed by atoms with E-state index in [1.54, 1.807) is 11.3 Å². The molecule has 1 N–H and O–H groups in total. The van der Waals surface area contributed by atoms with Crippen molar-refractivity contribution in [3.8, 4) is 0 Å². The van der Waals surface area contributed by atoms with Gasteiger partial charge in [0.15, 0.2) is 0 Å². The Bertz CT molecular complexity index is 536. The van der Waals surface area contributed by atoms with E-state index in [-0.39, 0.29) is 6.04 Å². The van der Waals surface area contributed by atoms with Crippen LogP contribution < -0.4 is 5.32 Å². The third-order valence-corrected chi connectivity index (χ3v) is 5.50. The molecule has 0 aliphatic heterocycles. The highest BCUT2D eigenvalue weighted by atomic mass is 35.5. The SMILES string of the molecule is CCCNC(Cc1ccc(Cl)s1)c1cc(Cl)sc1Cl. The molecule has 1 nitrogen and oxygen atoms in total. The molecular formula is C13H14Cl3NS2. The standard InChI is InChI=1S/C13H14Cl3NS2/c1-2-5-17-10(6-8-3-4-11(14)18-8)9-7-12(15)19-13(9)16/h3-4,7,10,17H,2,5-6H2,1H3. The molecule has 0 saturated heterocycles. The predicted molar refractivity (Wildman–Crippen MR) is 88.4 cm³/mol. The van der Waals surface area contributed by atoms with Crippen molar-refractivity contribution in [1.29, 1.82) is 0 Å². The molecule has 0 aromatic carbocycles. The molecule has 19 heavy (non-hydrogen) atoms. The monoisotopic (exact) mass is 353 g/mol. The predicted octanol–water partition coefficient (Wildman–Crippen LogP) is 6.05. The molecule has 0 aliphatic carbocycles. The van der Waals surface area contributed by atoms with Crippen molar-refractivity contribution in [2.75, 3.05) is 6.54 Å². The van der Waals surface area contributed by atoms with Crippen LogP contribution in [-0.2, 0) is 6.42 Å². The van der Waals surface area contributed by atoms with Crippen LogP contribution in [0.5, 0.6) is 0 Å². The van der Waals surface area contributed by atoms with E-state index in [2.05, 4.69) is 18.3 Å². The first kappa shape index (κ1) is 15.6. The second-order valence-corrected chi connectivity index (χ2v) is 8.28. The van der Waals surface area contributed by atoms with Gasteiger partial charge in [-0.2, -0.15) is 0 Å². The van der Waals surface area contributed by atoms with E-state index >= 15 is 0 Å². The van der Waals surface area contributed by atoms with Crippen molar-refractivity contribution >= 4 is 57.5 Å². The van der Waals surface area contributed by atoms with E-state index in [9.17, 15) is 0 Å². The second-order valence-electron chi connectivity index (χ2n) is 4.20. The Morgan fingerprint density at radius 2 is 1.95 bits per heavy atom. The van der Waals surface area contributed by atoms with E-state index in [0.717, 1.165) is 38.0 Å². The van der Waals surface area contributed by atoms with Crippen LogP contribution in [0.4, 0.5) is 0 Å². The Morgan fingerprint density at radius 3 is 2.47 bits per heavy atom. The third-order valence-electron chi connectivity index (χ3n) is 2.73. The van der Waals surface area contributed by atoms with Crippen LogP contribution in [-0.4, -0.2) is 6.54 Å². The van der Waals surface area contributed by atoms with Crippen molar-refractivity contribution in [2.24, 2.45) is 0 Å². The Morgan fingerprint density at radius 1 is 1.16 bits per heavy atom. The fourth-order valence-electron chi connectivity index (χ4n) is 1.86. The largest absolute Gasteiger partial charge is 0.310 e. The van der Waals surface area contributed by atoms with Crippen LogP contribution in [0.15, 0.2) is 18.2 Å². The van der Waals surface area contributed by atoms with Crippen LogP contribution in [0.3, 0.4) is 0 Å². The first-order valence-electron chi connectivity index (χ1n) is 6.02. The fraction of sp³-hybridized carbons (Fsp3) is 0.385. The number of thiophene rings is 2. The molecule has 2 rings (SSSR count). The molecule has 0 saturated carbocycles. The molecule has 0 amide bonds. The summed E-state index contributed by atoms with van der Waals surface area (Å²) in [5, 5.41) is 3.52.